The van der Waals surface area contributed by atoms with Gasteiger partial charge in [0.05, 0.1) is 11.1 Å². The third kappa shape index (κ3) is 4.28. The van der Waals surface area contributed by atoms with E-state index in [1.165, 1.54) is 0 Å². The number of H-pyrrole nitrogens is 1. The smallest absolute Gasteiger partial charge is 0.221 e. The molecule has 1 unspecified atom stereocenters. The first-order chi connectivity index (χ1) is 9.66. The number of thioether (sulfide) groups is 1. The topological polar surface area (TPSA) is 57.8 Å². The van der Waals surface area contributed by atoms with Crippen LogP contribution in [0.15, 0.2) is 41.6 Å². The molecule has 2 rings (SSSR count). The maximum atomic E-state index is 11.8. The van der Waals surface area contributed by atoms with Gasteiger partial charge in [-0.05, 0) is 19.1 Å². The quantitative estimate of drug-likeness (QED) is 0.804. The van der Waals surface area contributed by atoms with Gasteiger partial charge in [0.2, 0.25) is 5.91 Å². The van der Waals surface area contributed by atoms with Crippen LogP contribution in [0.2, 0.25) is 5.02 Å². The van der Waals surface area contributed by atoms with Crippen LogP contribution in [0.1, 0.15) is 25.2 Å². The summed E-state index contributed by atoms with van der Waals surface area (Å²) in [4.78, 5) is 19.9. The Bertz CT molecular complexity index is 559. The highest BCUT2D eigenvalue weighted by Gasteiger charge is 2.11. The number of imidazole rings is 1. The molecule has 4 nitrogen and oxygen atoms in total. The number of carbonyl (C=O) groups is 1. The molecule has 1 heterocycles. The summed E-state index contributed by atoms with van der Waals surface area (Å²) in [6.07, 6.45) is 3.86. The monoisotopic (exact) mass is 309 g/mol. The van der Waals surface area contributed by atoms with Crippen LogP contribution in [0.25, 0.3) is 0 Å². The summed E-state index contributed by atoms with van der Waals surface area (Å²) >= 11 is 7.64. The lowest BCUT2D eigenvalue weighted by Gasteiger charge is -2.11. The van der Waals surface area contributed by atoms with E-state index < -0.39 is 0 Å². The SMILES string of the molecule is CC(NC(=O)CCSc1ccccc1Cl)c1ncc[nH]1. The van der Waals surface area contributed by atoms with Gasteiger partial charge >= 0.3 is 0 Å². The highest BCUT2D eigenvalue weighted by Crippen LogP contribution is 2.26. The summed E-state index contributed by atoms with van der Waals surface area (Å²) in [6.45, 7) is 1.90. The minimum Gasteiger partial charge on any atom is -0.347 e. The Hall–Kier alpha value is -1.46. The molecule has 0 saturated carbocycles. The first-order valence-corrected chi connectivity index (χ1v) is 7.69. The Balaban J connectivity index is 1.74. The molecule has 1 amide bonds. The van der Waals surface area contributed by atoms with Crippen molar-refractivity contribution in [2.45, 2.75) is 24.3 Å². The molecule has 6 heteroatoms. The van der Waals surface area contributed by atoms with Crippen molar-refractivity contribution in [3.8, 4) is 0 Å². The molecular weight excluding hydrogens is 294 g/mol. The van der Waals surface area contributed by atoms with Crippen LogP contribution in [0, 0.1) is 0 Å². The van der Waals surface area contributed by atoms with Gasteiger partial charge < -0.3 is 10.3 Å². The number of amides is 1. The molecule has 106 valence electrons. The fourth-order valence-electron chi connectivity index (χ4n) is 1.71. The predicted molar refractivity (Wildman–Crippen MR) is 81.9 cm³/mol. The number of nitrogens with one attached hydrogen (secondary N) is 2. The maximum Gasteiger partial charge on any atom is 0.221 e. The standard InChI is InChI=1S/C14H16ClN3OS/c1-10(14-16-7-8-17-14)18-13(19)6-9-20-12-5-3-2-4-11(12)15/h2-5,7-8,10H,6,9H2,1H3,(H,16,17)(H,18,19). The summed E-state index contributed by atoms with van der Waals surface area (Å²) in [5, 5.41) is 3.63. The minimum absolute atomic E-state index is 0.00783. The lowest BCUT2D eigenvalue weighted by atomic mass is 10.3. The zero-order chi connectivity index (χ0) is 14.4. The molecule has 20 heavy (non-hydrogen) atoms. The van der Waals surface area contributed by atoms with Crippen LogP contribution >= 0.6 is 23.4 Å². The van der Waals surface area contributed by atoms with Crippen LogP contribution < -0.4 is 5.32 Å². The van der Waals surface area contributed by atoms with Crippen LogP contribution in [0.5, 0.6) is 0 Å². The Morgan fingerprint density at radius 2 is 2.30 bits per heavy atom. The minimum atomic E-state index is -0.109. The van der Waals surface area contributed by atoms with E-state index in [1.807, 2.05) is 31.2 Å². The Kier molecular flexibility index (Phi) is 5.49. The van der Waals surface area contributed by atoms with Gasteiger partial charge in [0, 0.05) is 29.5 Å². The van der Waals surface area contributed by atoms with Crippen molar-refractivity contribution in [2.24, 2.45) is 0 Å². The summed E-state index contributed by atoms with van der Waals surface area (Å²) < 4.78 is 0. The number of aromatic amines is 1. The van der Waals surface area contributed by atoms with E-state index in [9.17, 15) is 4.79 Å². The molecule has 0 aliphatic carbocycles. The van der Waals surface area contributed by atoms with Gasteiger partial charge in [-0.1, -0.05) is 23.7 Å². The van der Waals surface area contributed by atoms with Crippen molar-refractivity contribution < 1.29 is 4.79 Å². The highest BCUT2D eigenvalue weighted by atomic mass is 35.5. The summed E-state index contributed by atoms with van der Waals surface area (Å²) in [5.74, 6) is 1.46. The first-order valence-electron chi connectivity index (χ1n) is 6.33. The summed E-state index contributed by atoms with van der Waals surface area (Å²) in [6, 6.07) is 7.53. The molecular formula is C14H16ClN3OS. The van der Waals surface area contributed by atoms with Gasteiger partial charge in [-0.25, -0.2) is 4.98 Å². The predicted octanol–water partition coefficient (Wildman–Crippen LogP) is 3.42. The van der Waals surface area contributed by atoms with Gasteiger partial charge in [0.25, 0.3) is 0 Å². The fourth-order valence-corrected chi connectivity index (χ4v) is 2.90. The lowest BCUT2D eigenvalue weighted by molar-refractivity contribution is -0.121. The largest absolute Gasteiger partial charge is 0.347 e. The van der Waals surface area contributed by atoms with Crippen molar-refractivity contribution in [1.29, 1.82) is 0 Å². The lowest BCUT2D eigenvalue weighted by Crippen LogP contribution is -2.27. The van der Waals surface area contributed by atoms with Crippen LogP contribution in [0.3, 0.4) is 0 Å². The number of hydrogen-bond acceptors (Lipinski definition) is 3. The molecule has 0 spiro atoms. The molecule has 0 saturated heterocycles. The molecule has 1 atom stereocenters. The molecule has 0 fully saturated rings. The molecule has 2 aromatic rings. The molecule has 1 aromatic heterocycles. The van der Waals surface area contributed by atoms with Gasteiger partial charge in [0.1, 0.15) is 5.82 Å². The Labute approximate surface area is 127 Å². The zero-order valence-corrected chi connectivity index (χ0v) is 12.7. The van der Waals surface area contributed by atoms with Gasteiger partial charge in [-0.3, -0.25) is 4.79 Å². The van der Waals surface area contributed by atoms with E-state index in [0.29, 0.717) is 12.2 Å². The third-order valence-electron chi connectivity index (χ3n) is 2.73. The van der Waals surface area contributed by atoms with Crippen molar-refractivity contribution in [3.63, 3.8) is 0 Å². The van der Waals surface area contributed by atoms with E-state index in [-0.39, 0.29) is 11.9 Å². The van der Waals surface area contributed by atoms with Gasteiger partial charge in [0.15, 0.2) is 0 Å². The number of hydrogen-bond donors (Lipinski definition) is 2. The molecule has 0 bridgehead atoms. The number of nitrogens with zero attached hydrogens (tertiary/aromatic N) is 1. The Morgan fingerprint density at radius 1 is 1.50 bits per heavy atom. The molecule has 0 aliphatic rings. The third-order valence-corrected chi connectivity index (χ3v) is 4.25. The van der Waals surface area contributed by atoms with Crippen molar-refractivity contribution >= 4 is 29.3 Å². The number of carbonyl (C=O) groups excluding carboxylic acids is 1. The van der Waals surface area contributed by atoms with Crippen LogP contribution in [-0.4, -0.2) is 21.6 Å². The van der Waals surface area contributed by atoms with Crippen LogP contribution in [0.4, 0.5) is 0 Å². The highest BCUT2D eigenvalue weighted by molar-refractivity contribution is 7.99. The first kappa shape index (κ1) is 14.9. The summed E-state index contributed by atoms with van der Waals surface area (Å²) in [7, 11) is 0. The number of rotatable bonds is 6. The van der Waals surface area contributed by atoms with E-state index in [1.54, 1.807) is 24.2 Å². The van der Waals surface area contributed by atoms with E-state index in [2.05, 4.69) is 15.3 Å². The van der Waals surface area contributed by atoms with E-state index in [0.717, 1.165) is 15.7 Å². The average molecular weight is 310 g/mol. The van der Waals surface area contributed by atoms with Crippen molar-refractivity contribution in [3.05, 3.63) is 47.5 Å². The summed E-state index contributed by atoms with van der Waals surface area (Å²) in [5.41, 5.74) is 0. The second-order valence-electron chi connectivity index (χ2n) is 4.29. The molecule has 2 N–H and O–H groups in total. The van der Waals surface area contributed by atoms with Gasteiger partial charge in [-0.2, -0.15) is 0 Å². The van der Waals surface area contributed by atoms with E-state index in [4.69, 9.17) is 11.6 Å². The average Bonchev–Trinajstić information content (AvgIpc) is 2.95. The zero-order valence-electron chi connectivity index (χ0n) is 11.1. The van der Waals surface area contributed by atoms with Crippen molar-refractivity contribution in [1.82, 2.24) is 15.3 Å². The second-order valence-corrected chi connectivity index (χ2v) is 5.84. The van der Waals surface area contributed by atoms with Crippen molar-refractivity contribution in [2.75, 3.05) is 5.75 Å². The molecule has 0 radical (unpaired) electrons. The van der Waals surface area contributed by atoms with Gasteiger partial charge in [-0.15, -0.1) is 11.8 Å². The van der Waals surface area contributed by atoms with Crippen LogP contribution in [-0.2, 0) is 4.79 Å². The number of halogens is 1. The second kappa shape index (κ2) is 7.36. The number of benzene rings is 1. The maximum absolute atomic E-state index is 11.8. The molecule has 0 aliphatic heterocycles. The van der Waals surface area contributed by atoms with E-state index >= 15 is 0 Å². The fraction of sp³-hybridized carbons (Fsp3) is 0.286. The molecule has 1 aromatic carbocycles. The Morgan fingerprint density at radius 3 is 3.00 bits per heavy atom. The number of aromatic nitrogens is 2. The normalized spacial score (nSPS) is 12.1.